The van der Waals surface area contributed by atoms with E-state index in [-0.39, 0.29) is 0 Å². The Hall–Kier alpha value is -1.38. The molecular formula is C10H11NO3S. The van der Waals surface area contributed by atoms with Crippen LogP contribution < -0.4 is 0 Å². The molecule has 5 heteroatoms. The van der Waals surface area contributed by atoms with Gasteiger partial charge in [0.2, 0.25) is 0 Å². The van der Waals surface area contributed by atoms with Gasteiger partial charge in [-0.1, -0.05) is 12.0 Å². The first-order valence-corrected chi connectivity index (χ1v) is 6.10. The summed E-state index contributed by atoms with van der Waals surface area (Å²) in [5.41, 5.74) is 0.585. The normalized spacial score (nSPS) is 12.7. The summed E-state index contributed by atoms with van der Waals surface area (Å²) in [5, 5.41) is 0. The van der Waals surface area contributed by atoms with Gasteiger partial charge in [-0.05, 0) is 25.0 Å². The third-order valence-electron chi connectivity index (χ3n) is 1.39. The van der Waals surface area contributed by atoms with E-state index in [1.807, 2.05) is 0 Å². The molecule has 1 aromatic heterocycles. The summed E-state index contributed by atoms with van der Waals surface area (Å²) >= 11 is 0. The number of hydrogen-bond acceptors (Lipinski definition) is 4. The van der Waals surface area contributed by atoms with Gasteiger partial charge in [-0.15, -0.1) is 0 Å². The molecule has 0 N–H and O–H groups in total. The molecule has 1 atom stereocenters. The molecule has 0 radical (unpaired) electrons. The molecule has 0 aliphatic heterocycles. The molecule has 1 unspecified atom stereocenters. The summed E-state index contributed by atoms with van der Waals surface area (Å²) in [7, 11) is -3.45. The van der Waals surface area contributed by atoms with Crippen LogP contribution in [0.3, 0.4) is 0 Å². The van der Waals surface area contributed by atoms with Gasteiger partial charge < -0.3 is 0 Å². The van der Waals surface area contributed by atoms with Crippen molar-refractivity contribution >= 4 is 10.1 Å². The molecule has 0 aliphatic carbocycles. The molecule has 0 aromatic carbocycles. The SMILES string of the molecule is CC(C#Cc1ccccn1)OS(C)(=O)=O. The lowest BCUT2D eigenvalue weighted by atomic mass is 10.3. The van der Waals surface area contributed by atoms with Crippen LogP contribution in [-0.4, -0.2) is 25.8 Å². The quantitative estimate of drug-likeness (QED) is 0.552. The van der Waals surface area contributed by atoms with Gasteiger partial charge >= 0.3 is 0 Å². The smallest absolute Gasteiger partial charge is 0.254 e. The first-order chi connectivity index (χ1) is 6.97. The topological polar surface area (TPSA) is 56.3 Å². The van der Waals surface area contributed by atoms with E-state index in [0.717, 1.165) is 6.26 Å². The Kier molecular flexibility index (Phi) is 3.83. The van der Waals surface area contributed by atoms with Crippen LogP contribution in [0.2, 0.25) is 0 Å². The number of aromatic nitrogens is 1. The standard InChI is InChI=1S/C10H11NO3S/c1-9(14-15(2,12)13)6-7-10-5-3-4-8-11-10/h3-5,8-9H,1-2H3. The van der Waals surface area contributed by atoms with E-state index in [1.54, 1.807) is 31.3 Å². The van der Waals surface area contributed by atoms with Crippen LogP contribution in [0.4, 0.5) is 0 Å². The summed E-state index contributed by atoms with van der Waals surface area (Å²) in [4.78, 5) is 3.97. The Labute approximate surface area is 89.4 Å². The average Bonchev–Trinajstić information content (AvgIpc) is 2.14. The van der Waals surface area contributed by atoms with Crippen molar-refractivity contribution in [1.29, 1.82) is 0 Å². The van der Waals surface area contributed by atoms with Gasteiger partial charge in [-0.25, -0.2) is 4.98 Å². The molecule has 1 heterocycles. The van der Waals surface area contributed by atoms with E-state index in [0.29, 0.717) is 5.69 Å². The maximum Gasteiger partial charge on any atom is 0.265 e. The maximum atomic E-state index is 10.7. The average molecular weight is 225 g/mol. The number of pyridine rings is 1. The molecule has 0 saturated heterocycles. The highest BCUT2D eigenvalue weighted by molar-refractivity contribution is 7.86. The zero-order chi connectivity index (χ0) is 11.3. The predicted molar refractivity (Wildman–Crippen MR) is 56.5 cm³/mol. The molecule has 15 heavy (non-hydrogen) atoms. The molecule has 0 fully saturated rings. The van der Waals surface area contributed by atoms with Crippen LogP contribution in [0, 0.1) is 11.8 Å². The summed E-state index contributed by atoms with van der Waals surface area (Å²) in [6.45, 7) is 1.57. The number of hydrogen-bond donors (Lipinski definition) is 0. The van der Waals surface area contributed by atoms with Crippen LogP contribution in [0.5, 0.6) is 0 Å². The molecule has 0 aliphatic rings. The second-order valence-electron chi connectivity index (χ2n) is 2.93. The van der Waals surface area contributed by atoms with E-state index in [1.165, 1.54) is 0 Å². The van der Waals surface area contributed by atoms with Crippen molar-refractivity contribution in [2.75, 3.05) is 6.26 Å². The minimum atomic E-state index is -3.45. The lowest BCUT2D eigenvalue weighted by Gasteiger charge is -2.01. The zero-order valence-corrected chi connectivity index (χ0v) is 9.28. The lowest BCUT2D eigenvalue weighted by molar-refractivity contribution is 0.286. The van der Waals surface area contributed by atoms with Gasteiger partial charge in [-0.3, -0.25) is 4.18 Å². The molecule has 0 spiro atoms. The van der Waals surface area contributed by atoms with Gasteiger partial charge in [0.05, 0.1) is 6.26 Å². The first-order valence-electron chi connectivity index (χ1n) is 4.28. The fraction of sp³-hybridized carbons (Fsp3) is 0.300. The number of nitrogens with zero attached hydrogens (tertiary/aromatic N) is 1. The minimum absolute atomic E-state index is 0.585. The molecule has 80 valence electrons. The monoisotopic (exact) mass is 225 g/mol. The van der Waals surface area contributed by atoms with E-state index in [4.69, 9.17) is 0 Å². The van der Waals surface area contributed by atoms with Crippen molar-refractivity contribution in [2.45, 2.75) is 13.0 Å². The second-order valence-corrected chi connectivity index (χ2v) is 4.53. The Morgan fingerprint density at radius 3 is 2.73 bits per heavy atom. The van der Waals surface area contributed by atoms with Crippen molar-refractivity contribution in [1.82, 2.24) is 4.98 Å². The van der Waals surface area contributed by atoms with Crippen molar-refractivity contribution in [3.63, 3.8) is 0 Å². The summed E-state index contributed by atoms with van der Waals surface area (Å²) in [6.07, 6.45) is 1.94. The van der Waals surface area contributed by atoms with Gasteiger partial charge in [0, 0.05) is 6.20 Å². The predicted octanol–water partition coefficient (Wildman–Crippen LogP) is 0.798. The molecule has 1 rings (SSSR count). The maximum absolute atomic E-state index is 10.7. The summed E-state index contributed by atoms with van der Waals surface area (Å²) in [5.74, 6) is 5.36. The highest BCUT2D eigenvalue weighted by Crippen LogP contribution is 1.96. The van der Waals surface area contributed by atoms with Crippen molar-refractivity contribution in [3.05, 3.63) is 30.1 Å². The van der Waals surface area contributed by atoms with Gasteiger partial charge in [-0.2, -0.15) is 8.42 Å². The van der Waals surface area contributed by atoms with Gasteiger partial charge in [0.1, 0.15) is 11.8 Å². The van der Waals surface area contributed by atoms with Crippen LogP contribution in [-0.2, 0) is 14.3 Å². The summed E-state index contributed by atoms with van der Waals surface area (Å²) < 4.78 is 26.1. The fourth-order valence-electron chi connectivity index (χ4n) is 0.899. The van der Waals surface area contributed by atoms with E-state index in [2.05, 4.69) is 21.0 Å². The third kappa shape index (κ3) is 5.15. The molecule has 1 aromatic rings. The molecule has 4 nitrogen and oxygen atoms in total. The minimum Gasteiger partial charge on any atom is -0.254 e. The van der Waals surface area contributed by atoms with Crippen LogP contribution in [0.15, 0.2) is 24.4 Å². The molecule has 0 bridgehead atoms. The number of rotatable bonds is 2. The van der Waals surface area contributed by atoms with Gasteiger partial charge in [0.15, 0.2) is 0 Å². The van der Waals surface area contributed by atoms with Crippen LogP contribution >= 0.6 is 0 Å². The second kappa shape index (κ2) is 4.91. The molecule has 0 saturated carbocycles. The van der Waals surface area contributed by atoms with Crippen molar-refractivity contribution < 1.29 is 12.6 Å². The Balaban J connectivity index is 2.67. The summed E-state index contributed by atoms with van der Waals surface area (Å²) in [6, 6.07) is 5.32. The Morgan fingerprint density at radius 1 is 1.47 bits per heavy atom. The fourth-order valence-corrected chi connectivity index (χ4v) is 1.47. The molecule has 0 amide bonds. The first kappa shape index (κ1) is 11.7. The Morgan fingerprint density at radius 2 is 2.20 bits per heavy atom. The van der Waals surface area contributed by atoms with Crippen molar-refractivity contribution in [2.24, 2.45) is 0 Å². The lowest BCUT2D eigenvalue weighted by Crippen LogP contribution is -2.11. The largest absolute Gasteiger partial charge is 0.265 e. The third-order valence-corrected chi connectivity index (χ3v) is 2.03. The van der Waals surface area contributed by atoms with Crippen LogP contribution in [0.1, 0.15) is 12.6 Å². The highest BCUT2D eigenvalue weighted by Gasteiger charge is 2.06. The zero-order valence-electron chi connectivity index (χ0n) is 8.47. The Bertz CT molecular complexity index is 470. The molecular weight excluding hydrogens is 214 g/mol. The van der Waals surface area contributed by atoms with Crippen LogP contribution in [0.25, 0.3) is 0 Å². The van der Waals surface area contributed by atoms with E-state index >= 15 is 0 Å². The van der Waals surface area contributed by atoms with E-state index < -0.39 is 16.2 Å². The van der Waals surface area contributed by atoms with Gasteiger partial charge in [0.25, 0.3) is 10.1 Å². The van der Waals surface area contributed by atoms with Crippen molar-refractivity contribution in [3.8, 4) is 11.8 Å². The van der Waals surface area contributed by atoms with E-state index in [9.17, 15) is 8.42 Å². The highest BCUT2D eigenvalue weighted by atomic mass is 32.2.